The summed E-state index contributed by atoms with van der Waals surface area (Å²) in [6, 6.07) is 13.4. The number of amides is 1. The van der Waals surface area contributed by atoms with E-state index in [2.05, 4.69) is 0 Å². The fourth-order valence-electron chi connectivity index (χ4n) is 3.24. The number of benzene rings is 1. The second kappa shape index (κ2) is 9.41. The number of aromatic nitrogens is 1. The Morgan fingerprint density at radius 3 is 2.48 bits per heavy atom. The Morgan fingerprint density at radius 1 is 1.17 bits per heavy atom. The van der Waals surface area contributed by atoms with Gasteiger partial charge in [-0.1, -0.05) is 37.3 Å². The number of sulfonamides is 1. The molecule has 1 saturated carbocycles. The van der Waals surface area contributed by atoms with Crippen LogP contribution in [0, 0.1) is 0 Å². The van der Waals surface area contributed by atoms with Crippen LogP contribution in [0.25, 0.3) is 6.08 Å². The minimum Gasteiger partial charge on any atom is -0.353 e. The highest BCUT2D eigenvalue weighted by molar-refractivity contribution is 7.92. The van der Waals surface area contributed by atoms with Crippen LogP contribution in [0.3, 0.4) is 0 Å². The summed E-state index contributed by atoms with van der Waals surface area (Å²) in [4.78, 5) is 14.9. The first-order chi connectivity index (χ1) is 13.9. The van der Waals surface area contributed by atoms with Gasteiger partial charge >= 0.3 is 0 Å². The number of aryl methyl sites for hydroxylation is 1. The first-order valence-corrected chi connectivity index (χ1v) is 11.5. The number of hydrogen-bond donors (Lipinski definition) is 0. The number of rotatable bonds is 10. The molecule has 1 heterocycles. The fraction of sp³-hybridized carbons (Fsp3) is 0.409. The highest BCUT2D eigenvalue weighted by Gasteiger charge is 2.34. The van der Waals surface area contributed by atoms with Gasteiger partial charge in [-0.15, -0.1) is 0 Å². The van der Waals surface area contributed by atoms with Crippen molar-refractivity contribution in [2.24, 2.45) is 7.05 Å². The predicted molar refractivity (Wildman–Crippen MR) is 115 cm³/mol. The van der Waals surface area contributed by atoms with Gasteiger partial charge in [-0.3, -0.25) is 4.79 Å². The first-order valence-electron chi connectivity index (χ1n) is 10.0. The van der Waals surface area contributed by atoms with Crippen LogP contribution < -0.4 is 0 Å². The Bertz CT molecular complexity index is 947. The molecule has 0 unspecified atom stereocenters. The lowest BCUT2D eigenvalue weighted by molar-refractivity contribution is -0.132. The zero-order chi connectivity index (χ0) is 20.9. The number of carbonyl (C=O) groups excluding carboxylic acids is 1. The van der Waals surface area contributed by atoms with Crippen molar-refractivity contribution < 1.29 is 13.2 Å². The van der Waals surface area contributed by atoms with Crippen LogP contribution >= 0.6 is 0 Å². The van der Waals surface area contributed by atoms with Crippen LogP contribution in [-0.2, 0) is 28.4 Å². The van der Waals surface area contributed by atoms with Gasteiger partial charge in [0.1, 0.15) is 0 Å². The molecule has 0 radical (unpaired) electrons. The average molecular weight is 416 g/mol. The van der Waals surface area contributed by atoms with Crippen LogP contribution in [0.4, 0.5) is 0 Å². The molecule has 6 nitrogen and oxygen atoms in total. The first kappa shape index (κ1) is 21.3. The third-order valence-electron chi connectivity index (χ3n) is 5.07. The molecule has 156 valence electrons. The Hall–Kier alpha value is -2.38. The molecular formula is C22H29N3O3S. The van der Waals surface area contributed by atoms with E-state index in [-0.39, 0.29) is 18.5 Å². The summed E-state index contributed by atoms with van der Waals surface area (Å²) < 4.78 is 29.0. The van der Waals surface area contributed by atoms with Crippen LogP contribution in [0.2, 0.25) is 0 Å². The summed E-state index contributed by atoms with van der Waals surface area (Å²) in [5, 5.41) is 1.20. The van der Waals surface area contributed by atoms with Crippen LogP contribution in [0.5, 0.6) is 0 Å². The Kier molecular flexibility index (Phi) is 6.92. The summed E-state index contributed by atoms with van der Waals surface area (Å²) in [7, 11) is -1.74. The summed E-state index contributed by atoms with van der Waals surface area (Å²) in [6.07, 6.45) is 6.13. The Balaban J connectivity index is 1.73. The molecule has 1 aliphatic rings. The van der Waals surface area contributed by atoms with Gasteiger partial charge in [0.15, 0.2) is 0 Å². The molecule has 0 saturated heterocycles. The van der Waals surface area contributed by atoms with Crippen molar-refractivity contribution in [2.75, 3.05) is 13.1 Å². The molecule has 1 fully saturated rings. The van der Waals surface area contributed by atoms with Gasteiger partial charge in [-0.25, -0.2) is 8.42 Å². The molecule has 2 aromatic rings. The van der Waals surface area contributed by atoms with Crippen molar-refractivity contribution in [2.45, 2.75) is 38.8 Å². The molecular weight excluding hydrogens is 386 g/mol. The van der Waals surface area contributed by atoms with Gasteiger partial charge in [0.05, 0.1) is 13.1 Å². The van der Waals surface area contributed by atoms with Gasteiger partial charge in [0, 0.05) is 36.9 Å². The molecule has 1 aromatic carbocycles. The van der Waals surface area contributed by atoms with Crippen LogP contribution in [-0.4, -0.2) is 47.2 Å². The highest BCUT2D eigenvalue weighted by Crippen LogP contribution is 2.29. The third kappa shape index (κ3) is 5.81. The molecule has 7 heteroatoms. The smallest absolute Gasteiger partial charge is 0.238 e. The van der Waals surface area contributed by atoms with E-state index in [9.17, 15) is 13.2 Å². The van der Waals surface area contributed by atoms with E-state index in [1.165, 1.54) is 9.71 Å². The van der Waals surface area contributed by atoms with E-state index in [0.29, 0.717) is 19.5 Å². The largest absolute Gasteiger partial charge is 0.353 e. The number of hydrogen-bond acceptors (Lipinski definition) is 3. The van der Waals surface area contributed by atoms with Crippen molar-refractivity contribution in [3.05, 3.63) is 65.3 Å². The van der Waals surface area contributed by atoms with Crippen LogP contribution in [0.15, 0.2) is 54.1 Å². The van der Waals surface area contributed by atoms with Crippen molar-refractivity contribution in [1.82, 2.24) is 13.8 Å². The van der Waals surface area contributed by atoms with E-state index >= 15 is 0 Å². The maximum Gasteiger partial charge on any atom is 0.238 e. The summed E-state index contributed by atoms with van der Waals surface area (Å²) in [6.45, 7) is 2.61. The van der Waals surface area contributed by atoms with E-state index < -0.39 is 10.0 Å². The lowest BCUT2D eigenvalue weighted by Gasteiger charge is -2.26. The van der Waals surface area contributed by atoms with E-state index in [4.69, 9.17) is 0 Å². The SMILES string of the molecule is CCCN(CC(=O)N(Cc1cccn1C)C1CC1)S(=O)(=O)C=Cc1ccccc1. The summed E-state index contributed by atoms with van der Waals surface area (Å²) in [5.74, 6) is -0.140. The van der Waals surface area contributed by atoms with Gasteiger partial charge in [-0.05, 0) is 43.0 Å². The normalized spacial score (nSPS) is 14.6. The molecule has 3 rings (SSSR count). The highest BCUT2D eigenvalue weighted by atomic mass is 32.2. The lowest BCUT2D eigenvalue weighted by Crippen LogP contribution is -2.43. The monoisotopic (exact) mass is 415 g/mol. The molecule has 1 aliphatic carbocycles. The minimum atomic E-state index is -3.69. The third-order valence-corrected chi connectivity index (χ3v) is 6.58. The van der Waals surface area contributed by atoms with Gasteiger partial charge in [-0.2, -0.15) is 4.31 Å². The van der Waals surface area contributed by atoms with Crippen molar-refractivity contribution >= 4 is 22.0 Å². The zero-order valence-corrected chi connectivity index (χ0v) is 17.9. The van der Waals surface area contributed by atoms with E-state index in [0.717, 1.165) is 24.1 Å². The molecule has 1 amide bonds. The number of carbonyl (C=O) groups is 1. The maximum atomic E-state index is 13.1. The van der Waals surface area contributed by atoms with Crippen molar-refractivity contribution in [3.8, 4) is 0 Å². The predicted octanol–water partition coefficient (Wildman–Crippen LogP) is 3.23. The second-order valence-electron chi connectivity index (χ2n) is 7.46. The van der Waals surface area contributed by atoms with Gasteiger partial charge < -0.3 is 9.47 Å². The zero-order valence-electron chi connectivity index (χ0n) is 17.1. The molecule has 0 bridgehead atoms. The molecule has 0 N–H and O–H groups in total. The Morgan fingerprint density at radius 2 is 1.90 bits per heavy atom. The van der Waals surface area contributed by atoms with Crippen LogP contribution in [0.1, 0.15) is 37.4 Å². The van der Waals surface area contributed by atoms with E-state index in [1.54, 1.807) is 6.08 Å². The van der Waals surface area contributed by atoms with E-state index in [1.807, 2.05) is 72.1 Å². The average Bonchev–Trinajstić information content (AvgIpc) is 3.47. The summed E-state index contributed by atoms with van der Waals surface area (Å²) >= 11 is 0. The van der Waals surface area contributed by atoms with Crippen molar-refractivity contribution in [3.63, 3.8) is 0 Å². The molecule has 0 spiro atoms. The molecule has 0 atom stereocenters. The molecule has 29 heavy (non-hydrogen) atoms. The van der Waals surface area contributed by atoms with Gasteiger partial charge in [0.2, 0.25) is 15.9 Å². The topological polar surface area (TPSA) is 62.6 Å². The quantitative estimate of drug-likeness (QED) is 0.599. The van der Waals surface area contributed by atoms with Gasteiger partial charge in [0.25, 0.3) is 0 Å². The minimum absolute atomic E-state index is 0.129. The Labute approximate surface area is 173 Å². The standard InChI is InChI=1S/C22H29N3O3S/c1-3-14-24(29(27,28)16-13-19-8-5-4-6-9-19)18-22(26)25(20-11-12-20)17-21-10-7-15-23(21)2/h4-10,13,15-16,20H,3,11-12,14,17-18H2,1-2H3. The molecule has 0 aliphatic heterocycles. The lowest BCUT2D eigenvalue weighted by atomic mass is 10.2. The second-order valence-corrected chi connectivity index (χ2v) is 9.27. The maximum absolute atomic E-state index is 13.1. The summed E-state index contributed by atoms with van der Waals surface area (Å²) in [5.41, 5.74) is 1.85. The molecule has 1 aromatic heterocycles. The number of nitrogens with zero attached hydrogens (tertiary/aromatic N) is 3. The van der Waals surface area contributed by atoms with Crippen molar-refractivity contribution in [1.29, 1.82) is 0 Å². The fourth-order valence-corrected chi connectivity index (χ4v) is 4.47.